The average Bonchev–Trinajstić information content (AvgIpc) is 2.89. The van der Waals surface area contributed by atoms with Crippen molar-refractivity contribution in [2.75, 3.05) is 11.4 Å². The topological polar surface area (TPSA) is 33.2 Å². The number of rotatable bonds is 3. The Bertz CT molecular complexity index is 628. The van der Waals surface area contributed by atoms with Crippen molar-refractivity contribution in [2.45, 2.75) is 19.3 Å². The van der Waals surface area contributed by atoms with Crippen molar-refractivity contribution in [3.05, 3.63) is 58.9 Å². The lowest BCUT2D eigenvalue weighted by Crippen LogP contribution is -2.29. The molecule has 1 aliphatic heterocycles. The van der Waals surface area contributed by atoms with Gasteiger partial charge in [-0.3, -0.25) is 9.78 Å². The fraction of sp³-hybridized carbons (Fsp3) is 0.250. The number of aromatic nitrogens is 1. The number of benzene rings is 1. The molecular formula is C16H15ClN2O. The van der Waals surface area contributed by atoms with E-state index in [0.29, 0.717) is 11.4 Å². The third-order valence-electron chi connectivity index (χ3n) is 3.59. The Morgan fingerprint density at radius 1 is 1.35 bits per heavy atom. The van der Waals surface area contributed by atoms with E-state index in [1.807, 2.05) is 41.4 Å². The molecule has 102 valence electrons. The van der Waals surface area contributed by atoms with Crippen LogP contribution in [-0.2, 0) is 17.6 Å². The van der Waals surface area contributed by atoms with Gasteiger partial charge in [0.05, 0.1) is 0 Å². The van der Waals surface area contributed by atoms with Crippen molar-refractivity contribution < 1.29 is 4.79 Å². The molecule has 0 spiro atoms. The van der Waals surface area contributed by atoms with Crippen LogP contribution in [-0.4, -0.2) is 17.4 Å². The predicted molar refractivity (Wildman–Crippen MR) is 80.1 cm³/mol. The summed E-state index contributed by atoms with van der Waals surface area (Å²) in [5, 5.41) is 0.677. The number of nitrogens with zero attached hydrogens (tertiary/aromatic N) is 2. The second kappa shape index (κ2) is 5.63. The van der Waals surface area contributed by atoms with E-state index >= 15 is 0 Å². The normalized spacial score (nSPS) is 13.3. The Kier molecular flexibility index (Phi) is 3.70. The first-order valence-corrected chi connectivity index (χ1v) is 7.09. The van der Waals surface area contributed by atoms with Crippen molar-refractivity contribution in [3.63, 3.8) is 0 Å². The summed E-state index contributed by atoms with van der Waals surface area (Å²) in [6.45, 7) is 0.752. The lowest BCUT2D eigenvalue weighted by atomic mass is 10.1. The molecule has 20 heavy (non-hydrogen) atoms. The zero-order chi connectivity index (χ0) is 13.9. The third-order valence-corrected chi connectivity index (χ3v) is 3.83. The largest absolute Gasteiger partial charge is 0.312 e. The van der Waals surface area contributed by atoms with Gasteiger partial charge in [-0.05, 0) is 42.2 Å². The highest BCUT2D eigenvalue weighted by Gasteiger charge is 2.24. The fourth-order valence-corrected chi connectivity index (χ4v) is 2.71. The highest BCUT2D eigenvalue weighted by Crippen LogP contribution is 2.31. The monoisotopic (exact) mass is 286 g/mol. The van der Waals surface area contributed by atoms with Gasteiger partial charge < -0.3 is 4.90 Å². The van der Waals surface area contributed by atoms with Gasteiger partial charge in [0.1, 0.15) is 0 Å². The van der Waals surface area contributed by atoms with Gasteiger partial charge in [0, 0.05) is 36.1 Å². The zero-order valence-electron chi connectivity index (χ0n) is 11.1. The summed E-state index contributed by atoms with van der Waals surface area (Å²) in [6.07, 6.45) is 5.67. The SMILES string of the molecule is O=C(CCc1cccnc1)N1CCc2ccc(Cl)cc21. The van der Waals surface area contributed by atoms with Gasteiger partial charge >= 0.3 is 0 Å². The second-order valence-electron chi connectivity index (χ2n) is 4.93. The van der Waals surface area contributed by atoms with Gasteiger partial charge in [-0.15, -0.1) is 0 Å². The summed E-state index contributed by atoms with van der Waals surface area (Å²) in [7, 11) is 0. The number of carbonyl (C=O) groups excluding carboxylic acids is 1. The summed E-state index contributed by atoms with van der Waals surface area (Å²) >= 11 is 6.02. The van der Waals surface area contributed by atoms with Crippen LogP contribution in [0.5, 0.6) is 0 Å². The summed E-state index contributed by atoms with van der Waals surface area (Å²) < 4.78 is 0. The molecule has 0 unspecified atom stereocenters. The van der Waals surface area contributed by atoms with E-state index in [1.54, 1.807) is 6.20 Å². The summed E-state index contributed by atoms with van der Waals surface area (Å²) in [5.74, 6) is 0.148. The van der Waals surface area contributed by atoms with Crippen LogP contribution in [0.4, 0.5) is 5.69 Å². The van der Waals surface area contributed by atoms with E-state index < -0.39 is 0 Å². The molecule has 1 aromatic carbocycles. The van der Waals surface area contributed by atoms with Crippen LogP contribution in [0.2, 0.25) is 5.02 Å². The zero-order valence-corrected chi connectivity index (χ0v) is 11.8. The maximum absolute atomic E-state index is 12.4. The number of amides is 1. The molecule has 2 aromatic rings. The summed E-state index contributed by atoms with van der Waals surface area (Å²) in [6, 6.07) is 9.65. The molecule has 2 heterocycles. The standard InChI is InChI=1S/C16H15ClN2O/c17-14-5-4-13-7-9-19(15(13)10-14)16(20)6-3-12-2-1-8-18-11-12/h1-2,4-5,8,10-11H,3,6-7,9H2. The predicted octanol–water partition coefficient (Wildman–Crippen LogP) is 3.26. The molecule has 3 rings (SSSR count). The molecule has 4 heteroatoms. The van der Waals surface area contributed by atoms with Crippen LogP contribution in [0.1, 0.15) is 17.5 Å². The molecule has 0 saturated carbocycles. The van der Waals surface area contributed by atoms with Crippen LogP contribution in [0.15, 0.2) is 42.7 Å². The number of halogens is 1. The molecule has 0 saturated heterocycles. The smallest absolute Gasteiger partial charge is 0.227 e. The lowest BCUT2D eigenvalue weighted by Gasteiger charge is -2.17. The van der Waals surface area contributed by atoms with Crippen molar-refractivity contribution >= 4 is 23.2 Å². The Labute approximate surface area is 123 Å². The highest BCUT2D eigenvalue weighted by molar-refractivity contribution is 6.31. The van der Waals surface area contributed by atoms with Crippen LogP contribution >= 0.6 is 11.6 Å². The number of hydrogen-bond donors (Lipinski definition) is 0. The number of anilines is 1. The minimum Gasteiger partial charge on any atom is -0.312 e. The van der Waals surface area contributed by atoms with Gasteiger partial charge in [-0.2, -0.15) is 0 Å². The molecule has 0 bridgehead atoms. The first-order chi connectivity index (χ1) is 9.74. The van der Waals surface area contributed by atoms with E-state index in [4.69, 9.17) is 11.6 Å². The number of hydrogen-bond acceptors (Lipinski definition) is 2. The molecule has 1 amide bonds. The molecule has 0 aliphatic carbocycles. The molecule has 1 aliphatic rings. The van der Waals surface area contributed by atoms with Gasteiger partial charge in [0.15, 0.2) is 0 Å². The first kappa shape index (κ1) is 13.1. The van der Waals surface area contributed by atoms with E-state index in [2.05, 4.69) is 4.98 Å². The van der Waals surface area contributed by atoms with Crippen molar-refractivity contribution in [1.82, 2.24) is 4.98 Å². The number of carbonyl (C=O) groups is 1. The van der Waals surface area contributed by atoms with Gasteiger partial charge in [-0.1, -0.05) is 23.7 Å². The van der Waals surface area contributed by atoms with E-state index in [9.17, 15) is 4.79 Å². The maximum atomic E-state index is 12.4. The van der Waals surface area contributed by atoms with Crippen molar-refractivity contribution in [2.24, 2.45) is 0 Å². The molecule has 3 nitrogen and oxygen atoms in total. The Morgan fingerprint density at radius 3 is 3.05 bits per heavy atom. The van der Waals surface area contributed by atoms with Gasteiger partial charge in [-0.25, -0.2) is 0 Å². The summed E-state index contributed by atoms with van der Waals surface area (Å²) in [5.41, 5.74) is 3.25. The molecule has 0 atom stereocenters. The Morgan fingerprint density at radius 2 is 2.25 bits per heavy atom. The maximum Gasteiger partial charge on any atom is 0.227 e. The average molecular weight is 287 g/mol. The van der Waals surface area contributed by atoms with Gasteiger partial charge in [0.2, 0.25) is 5.91 Å². The van der Waals surface area contributed by atoms with Crippen molar-refractivity contribution in [3.8, 4) is 0 Å². The van der Waals surface area contributed by atoms with Crippen LogP contribution < -0.4 is 4.90 Å². The highest BCUT2D eigenvalue weighted by atomic mass is 35.5. The lowest BCUT2D eigenvalue weighted by molar-refractivity contribution is -0.118. The van der Waals surface area contributed by atoms with Crippen LogP contribution in [0.3, 0.4) is 0 Å². The Balaban J connectivity index is 1.69. The number of aryl methyl sites for hydroxylation is 1. The molecule has 0 radical (unpaired) electrons. The quantitative estimate of drug-likeness (QED) is 0.868. The Hall–Kier alpha value is -1.87. The first-order valence-electron chi connectivity index (χ1n) is 6.72. The number of pyridine rings is 1. The van der Waals surface area contributed by atoms with E-state index in [0.717, 1.165) is 30.6 Å². The summed E-state index contributed by atoms with van der Waals surface area (Å²) in [4.78, 5) is 18.3. The molecule has 0 N–H and O–H groups in total. The molecule has 1 aromatic heterocycles. The third kappa shape index (κ3) is 2.68. The van der Waals surface area contributed by atoms with Crippen LogP contribution in [0, 0.1) is 0 Å². The molecule has 0 fully saturated rings. The van der Waals surface area contributed by atoms with Gasteiger partial charge in [0.25, 0.3) is 0 Å². The second-order valence-corrected chi connectivity index (χ2v) is 5.37. The minimum atomic E-state index is 0.148. The minimum absolute atomic E-state index is 0.148. The molecular weight excluding hydrogens is 272 g/mol. The number of fused-ring (bicyclic) bond motifs is 1. The van der Waals surface area contributed by atoms with Crippen LogP contribution in [0.25, 0.3) is 0 Å². The van der Waals surface area contributed by atoms with Crippen molar-refractivity contribution in [1.29, 1.82) is 0 Å². The van der Waals surface area contributed by atoms with E-state index in [1.165, 1.54) is 5.56 Å². The van der Waals surface area contributed by atoms with E-state index in [-0.39, 0.29) is 5.91 Å². The fourth-order valence-electron chi connectivity index (χ4n) is 2.54.